The lowest BCUT2D eigenvalue weighted by atomic mass is 9.75. The Morgan fingerprint density at radius 3 is 2.69 bits per heavy atom. The second-order valence-corrected chi connectivity index (χ2v) is 5.58. The molecule has 0 amide bonds. The Morgan fingerprint density at radius 2 is 2.06 bits per heavy atom. The van der Waals surface area contributed by atoms with Gasteiger partial charge in [-0.3, -0.25) is 0 Å². The van der Waals surface area contributed by atoms with Crippen LogP contribution in [-0.2, 0) is 0 Å². The SMILES string of the molecule is Cc1cccc(C2CC(NCC(C)C)C2)c1. The van der Waals surface area contributed by atoms with Crippen LogP contribution in [0.3, 0.4) is 0 Å². The van der Waals surface area contributed by atoms with E-state index in [1.807, 2.05) is 0 Å². The maximum Gasteiger partial charge on any atom is 0.00788 e. The highest BCUT2D eigenvalue weighted by molar-refractivity contribution is 5.27. The summed E-state index contributed by atoms with van der Waals surface area (Å²) in [5.74, 6) is 1.56. The van der Waals surface area contributed by atoms with E-state index in [4.69, 9.17) is 0 Å². The van der Waals surface area contributed by atoms with Crippen LogP contribution in [0.15, 0.2) is 24.3 Å². The number of nitrogens with one attached hydrogen (secondary N) is 1. The van der Waals surface area contributed by atoms with E-state index in [-0.39, 0.29) is 0 Å². The maximum absolute atomic E-state index is 3.63. The first-order chi connectivity index (χ1) is 7.65. The lowest BCUT2D eigenvalue weighted by Gasteiger charge is -2.37. The average molecular weight is 217 g/mol. The molecule has 88 valence electrons. The Labute approximate surface area is 99.3 Å². The summed E-state index contributed by atoms with van der Waals surface area (Å²) in [6.07, 6.45) is 2.63. The van der Waals surface area contributed by atoms with E-state index in [0.717, 1.165) is 24.4 Å². The summed E-state index contributed by atoms with van der Waals surface area (Å²) in [5.41, 5.74) is 2.92. The van der Waals surface area contributed by atoms with Crippen LogP contribution in [0.4, 0.5) is 0 Å². The second-order valence-electron chi connectivity index (χ2n) is 5.58. The third-order valence-electron chi connectivity index (χ3n) is 3.47. The van der Waals surface area contributed by atoms with Gasteiger partial charge in [-0.2, -0.15) is 0 Å². The fourth-order valence-corrected chi connectivity index (χ4v) is 2.38. The van der Waals surface area contributed by atoms with Gasteiger partial charge in [0.05, 0.1) is 0 Å². The molecule has 1 aromatic carbocycles. The van der Waals surface area contributed by atoms with E-state index in [1.165, 1.54) is 24.0 Å². The van der Waals surface area contributed by atoms with Gasteiger partial charge in [-0.05, 0) is 43.7 Å². The Balaban J connectivity index is 1.80. The summed E-state index contributed by atoms with van der Waals surface area (Å²) in [7, 11) is 0. The van der Waals surface area contributed by atoms with Gasteiger partial charge in [0.25, 0.3) is 0 Å². The van der Waals surface area contributed by atoms with Gasteiger partial charge in [-0.15, -0.1) is 0 Å². The minimum atomic E-state index is 0.757. The summed E-state index contributed by atoms with van der Waals surface area (Å²) in [5, 5.41) is 3.63. The maximum atomic E-state index is 3.63. The van der Waals surface area contributed by atoms with Crippen LogP contribution in [0.25, 0.3) is 0 Å². The molecule has 0 heterocycles. The van der Waals surface area contributed by atoms with Crippen LogP contribution in [0.1, 0.15) is 43.7 Å². The number of benzene rings is 1. The molecule has 2 rings (SSSR count). The van der Waals surface area contributed by atoms with Crippen molar-refractivity contribution in [2.75, 3.05) is 6.54 Å². The molecule has 1 heteroatoms. The first kappa shape index (κ1) is 11.7. The molecule has 1 nitrogen and oxygen atoms in total. The van der Waals surface area contributed by atoms with E-state index >= 15 is 0 Å². The quantitative estimate of drug-likeness (QED) is 0.814. The molecule has 1 saturated carbocycles. The minimum absolute atomic E-state index is 0.757. The number of aryl methyl sites for hydroxylation is 1. The van der Waals surface area contributed by atoms with E-state index in [9.17, 15) is 0 Å². The fraction of sp³-hybridized carbons (Fsp3) is 0.600. The predicted molar refractivity (Wildman–Crippen MR) is 69.8 cm³/mol. The van der Waals surface area contributed by atoms with Crippen molar-refractivity contribution < 1.29 is 0 Å². The van der Waals surface area contributed by atoms with Crippen LogP contribution < -0.4 is 5.32 Å². The molecule has 0 aliphatic heterocycles. The predicted octanol–water partition coefficient (Wildman–Crippen LogP) is 3.49. The Bertz CT molecular complexity index is 337. The first-order valence-corrected chi connectivity index (χ1v) is 6.45. The molecule has 0 saturated heterocycles. The van der Waals surface area contributed by atoms with E-state index in [0.29, 0.717) is 0 Å². The van der Waals surface area contributed by atoms with Crippen molar-refractivity contribution in [3.63, 3.8) is 0 Å². The van der Waals surface area contributed by atoms with Gasteiger partial charge >= 0.3 is 0 Å². The molecule has 0 atom stereocenters. The van der Waals surface area contributed by atoms with Crippen molar-refractivity contribution in [2.24, 2.45) is 5.92 Å². The van der Waals surface area contributed by atoms with E-state index in [2.05, 4.69) is 50.4 Å². The molecular formula is C15H23N. The number of hydrogen-bond acceptors (Lipinski definition) is 1. The number of rotatable bonds is 4. The summed E-state index contributed by atoms with van der Waals surface area (Å²) in [6, 6.07) is 9.73. The largest absolute Gasteiger partial charge is 0.314 e. The highest BCUT2D eigenvalue weighted by Gasteiger charge is 2.29. The van der Waals surface area contributed by atoms with Crippen LogP contribution >= 0.6 is 0 Å². The monoisotopic (exact) mass is 217 g/mol. The molecule has 16 heavy (non-hydrogen) atoms. The van der Waals surface area contributed by atoms with Gasteiger partial charge in [0, 0.05) is 6.04 Å². The fourth-order valence-electron chi connectivity index (χ4n) is 2.38. The molecule has 1 aliphatic carbocycles. The number of hydrogen-bond donors (Lipinski definition) is 1. The van der Waals surface area contributed by atoms with Crippen molar-refractivity contribution in [3.8, 4) is 0 Å². The van der Waals surface area contributed by atoms with E-state index < -0.39 is 0 Å². The Hall–Kier alpha value is -0.820. The Kier molecular flexibility index (Phi) is 3.65. The summed E-state index contributed by atoms with van der Waals surface area (Å²) in [4.78, 5) is 0. The normalized spacial score (nSPS) is 24.5. The summed E-state index contributed by atoms with van der Waals surface area (Å²) < 4.78 is 0. The standard InChI is InChI=1S/C15H23N/c1-11(2)10-16-15-8-14(9-15)13-6-4-5-12(3)7-13/h4-7,11,14-16H,8-10H2,1-3H3. The van der Waals surface area contributed by atoms with Crippen LogP contribution in [-0.4, -0.2) is 12.6 Å². The minimum Gasteiger partial charge on any atom is -0.314 e. The molecule has 1 aliphatic rings. The van der Waals surface area contributed by atoms with Crippen molar-refractivity contribution in [1.82, 2.24) is 5.32 Å². The van der Waals surface area contributed by atoms with Crippen molar-refractivity contribution in [3.05, 3.63) is 35.4 Å². The summed E-state index contributed by atoms with van der Waals surface area (Å²) in [6.45, 7) is 7.87. The van der Waals surface area contributed by atoms with Crippen LogP contribution in [0.2, 0.25) is 0 Å². The molecule has 0 radical (unpaired) electrons. The molecule has 1 aromatic rings. The summed E-state index contributed by atoms with van der Waals surface area (Å²) >= 11 is 0. The lowest BCUT2D eigenvalue weighted by Crippen LogP contribution is -2.41. The zero-order valence-corrected chi connectivity index (χ0v) is 10.7. The van der Waals surface area contributed by atoms with E-state index in [1.54, 1.807) is 0 Å². The van der Waals surface area contributed by atoms with Gasteiger partial charge in [0.1, 0.15) is 0 Å². The molecule has 0 spiro atoms. The van der Waals surface area contributed by atoms with Gasteiger partial charge in [-0.1, -0.05) is 43.7 Å². The van der Waals surface area contributed by atoms with Crippen LogP contribution in [0, 0.1) is 12.8 Å². The second kappa shape index (κ2) is 5.01. The zero-order chi connectivity index (χ0) is 11.5. The first-order valence-electron chi connectivity index (χ1n) is 6.45. The van der Waals surface area contributed by atoms with Crippen molar-refractivity contribution in [2.45, 2.75) is 45.6 Å². The highest BCUT2D eigenvalue weighted by Crippen LogP contribution is 2.37. The topological polar surface area (TPSA) is 12.0 Å². The van der Waals surface area contributed by atoms with Gasteiger partial charge in [-0.25, -0.2) is 0 Å². The van der Waals surface area contributed by atoms with Gasteiger partial charge in [0.15, 0.2) is 0 Å². The third kappa shape index (κ3) is 2.85. The zero-order valence-electron chi connectivity index (χ0n) is 10.7. The van der Waals surface area contributed by atoms with Crippen LogP contribution in [0.5, 0.6) is 0 Å². The van der Waals surface area contributed by atoms with Crippen molar-refractivity contribution in [1.29, 1.82) is 0 Å². The Morgan fingerprint density at radius 1 is 1.31 bits per heavy atom. The van der Waals surface area contributed by atoms with Gasteiger partial charge in [0.2, 0.25) is 0 Å². The molecule has 0 unspecified atom stereocenters. The molecule has 0 bridgehead atoms. The molecular weight excluding hydrogens is 194 g/mol. The highest BCUT2D eigenvalue weighted by atomic mass is 14.9. The average Bonchev–Trinajstić information content (AvgIpc) is 2.14. The van der Waals surface area contributed by atoms with Gasteiger partial charge < -0.3 is 5.32 Å². The van der Waals surface area contributed by atoms with Crippen molar-refractivity contribution >= 4 is 0 Å². The molecule has 0 aromatic heterocycles. The third-order valence-corrected chi connectivity index (χ3v) is 3.47. The lowest BCUT2D eigenvalue weighted by molar-refractivity contribution is 0.281. The molecule has 1 fully saturated rings. The smallest absolute Gasteiger partial charge is 0.00788 e. The molecule has 1 N–H and O–H groups in total.